The maximum Gasteiger partial charge on any atom is 0.278 e. The number of benzene rings is 1. The second-order valence-electron chi connectivity index (χ2n) is 5.03. The van der Waals surface area contributed by atoms with Gasteiger partial charge in [0.25, 0.3) is 5.56 Å². The number of fused-ring (bicyclic) bond motifs is 1. The lowest BCUT2D eigenvalue weighted by Crippen LogP contribution is -2.39. The van der Waals surface area contributed by atoms with Crippen molar-refractivity contribution in [2.24, 2.45) is 0 Å². The van der Waals surface area contributed by atoms with Crippen molar-refractivity contribution in [2.45, 2.75) is 26.3 Å². The van der Waals surface area contributed by atoms with Gasteiger partial charge in [-0.2, -0.15) is 0 Å². The quantitative estimate of drug-likeness (QED) is 0.800. The number of carbonyl (C=O) groups is 1. The average Bonchev–Trinajstić information content (AvgIpc) is 2.54. The van der Waals surface area contributed by atoms with E-state index in [9.17, 15) is 9.59 Å². The van der Waals surface area contributed by atoms with E-state index in [0.717, 1.165) is 17.5 Å². The highest BCUT2D eigenvalue weighted by Crippen LogP contribution is 2.04. The standard InChI is InChI=1S/C15H20N4O3/c1-2-3-8-18(9-10-20)14(21)11-19-15(22)12-6-4-5-7-13(12)16-17-19/h4-7,20H,2-3,8-11H2,1H3. The molecule has 0 fully saturated rings. The lowest BCUT2D eigenvalue weighted by atomic mass is 10.2. The Bertz CT molecular complexity index is 698. The van der Waals surface area contributed by atoms with Crippen LogP contribution in [-0.2, 0) is 11.3 Å². The van der Waals surface area contributed by atoms with Gasteiger partial charge in [-0.15, -0.1) is 5.10 Å². The molecule has 0 saturated carbocycles. The fraction of sp³-hybridized carbons (Fsp3) is 0.467. The van der Waals surface area contributed by atoms with Crippen LogP contribution in [0.4, 0.5) is 0 Å². The molecule has 0 aliphatic heterocycles. The molecule has 1 heterocycles. The summed E-state index contributed by atoms with van der Waals surface area (Å²) in [7, 11) is 0. The molecule has 0 aliphatic carbocycles. The fourth-order valence-corrected chi connectivity index (χ4v) is 2.19. The van der Waals surface area contributed by atoms with Crippen LogP contribution >= 0.6 is 0 Å². The lowest BCUT2D eigenvalue weighted by molar-refractivity contribution is -0.132. The molecule has 0 bridgehead atoms. The number of hydrogen-bond acceptors (Lipinski definition) is 5. The van der Waals surface area contributed by atoms with Crippen molar-refractivity contribution < 1.29 is 9.90 Å². The molecule has 1 aromatic heterocycles. The fourth-order valence-electron chi connectivity index (χ4n) is 2.19. The molecule has 2 aromatic rings. The Morgan fingerprint density at radius 1 is 1.32 bits per heavy atom. The molecular formula is C15H20N4O3. The lowest BCUT2D eigenvalue weighted by Gasteiger charge is -2.21. The van der Waals surface area contributed by atoms with Gasteiger partial charge < -0.3 is 10.0 Å². The summed E-state index contributed by atoms with van der Waals surface area (Å²) in [6.07, 6.45) is 1.80. The Labute approximate surface area is 128 Å². The smallest absolute Gasteiger partial charge is 0.278 e. The number of hydrogen-bond donors (Lipinski definition) is 1. The highest BCUT2D eigenvalue weighted by atomic mass is 16.3. The zero-order valence-corrected chi connectivity index (χ0v) is 12.6. The molecular weight excluding hydrogens is 284 g/mol. The minimum absolute atomic E-state index is 0.103. The molecule has 0 aliphatic rings. The summed E-state index contributed by atoms with van der Waals surface area (Å²) < 4.78 is 1.07. The predicted molar refractivity (Wildman–Crippen MR) is 82.4 cm³/mol. The van der Waals surface area contributed by atoms with Gasteiger partial charge in [0.1, 0.15) is 12.1 Å². The van der Waals surface area contributed by atoms with Crippen molar-refractivity contribution in [3.8, 4) is 0 Å². The van der Waals surface area contributed by atoms with E-state index in [1.807, 2.05) is 6.92 Å². The van der Waals surface area contributed by atoms with E-state index in [0.29, 0.717) is 17.4 Å². The summed E-state index contributed by atoms with van der Waals surface area (Å²) >= 11 is 0. The molecule has 118 valence electrons. The molecule has 7 heteroatoms. The number of amides is 1. The summed E-state index contributed by atoms with van der Waals surface area (Å²) in [5, 5.41) is 17.3. The minimum Gasteiger partial charge on any atom is -0.395 e. The molecule has 1 N–H and O–H groups in total. The van der Waals surface area contributed by atoms with Gasteiger partial charge >= 0.3 is 0 Å². The molecule has 0 unspecified atom stereocenters. The van der Waals surface area contributed by atoms with Crippen LogP contribution in [0.25, 0.3) is 10.9 Å². The number of nitrogens with zero attached hydrogens (tertiary/aromatic N) is 4. The zero-order chi connectivity index (χ0) is 15.9. The molecule has 1 amide bonds. The van der Waals surface area contributed by atoms with Crippen molar-refractivity contribution in [1.82, 2.24) is 19.9 Å². The number of rotatable bonds is 7. The van der Waals surface area contributed by atoms with E-state index >= 15 is 0 Å². The Kier molecular flexibility index (Phi) is 5.60. The van der Waals surface area contributed by atoms with Gasteiger partial charge in [-0.25, -0.2) is 4.68 Å². The van der Waals surface area contributed by atoms with Gasteiger partial charge in [-0.1, -0.05) is 30.7 Å². The predicted octanol–water partition coefficient (Wildman–Crippen LogP) is 0.412. The van der Waals surface area contributed by atoms with Gasteiger partial charge in [0.05, 0.1) is 12.0 Å². The molecule has 22 heavy (non-hydrogen) atoms. The molecule has 0 atom stereocenters. The second kappa shape index (κ2) is 7.65. The van der Waals surface area contributed by atoms with Gasteiger partial charge in [-0.05, 0) is 18.6 Å². The maximum atomic E-state index is 12.3. The monoisotopic (exact) mass is 304 g/mol. The van der Waals surface area contributed by atoms with E-state index in [1.54, 1.807) is 29.2 Å². The van der Waals surface area contributed by atoms with Crippen LogP contribution in [0.5, 0.6) is 0 Å². The third-order valence-electron chi connectivity index (χ3n) is 3.42. The van der Waals surface area contributed by atoms with Crippen LogP contribution in [0.3, 0.4) is 0 Å². The van der Waals surface area contributed by atoms with E-state index in [4.69, 9.17) is 5.11 Å². The number of aliphatic hydroxyl groups excluding tert-OH is 1. The van der Waals surface area contributed by atoms with E-state index < -0.39 is 0 Å². The van der Waals surface area contributed by atoms with Crippen LogP contribution in [-0.4, -0.2) is 50.6 Å². The van der Waals surface area contributed by atoms with Crippen molar-refractivity contribution in [2.75, 3.05) is 19.7 Å². The number of aromatic nitrogens is 3. The third-order valence-corrected chi connectivity index (χ3v) is 3.42. The molecule has 0 radical (unpaired) electrons. The Hall–Kier alpha value is -2.28. The average molecular weight is 304 g/mol. The Morgan fingerprint density at radius 2 is 2.09 bits per heavy atom. The number of unbranched alkanes of at least 4 members (excludes halogenated alkanes) is 1. The van der Waals surface area contributed by atoms with E-state index in [-0.39, 0.29) is 31.2 Å². The SMILES string of the molecule is CCCCN(CCO)C(=O)Cn1nnc2ccccc2c1=O. The summed E-state index contributed by atoms with van der Waals surface area (Å²) in [6, 6.07) is 6.89. The van der Waals surface area contributed by atoms with Crippen molar-refractivity contribution in [1.29, 1.82) is 0 Å². The first kappa shape index (κ1) is 16.1. The van der Waals surface area contributed by atoms with Crippen LogP contribution in [0, 0.1) is 0 Å². The number of carbonyl (C=O) groups excluding carboxylic acids is 1. The molecule has 2 rings (SSSR count). The first-order valence-electron chi connectivity index (χ1n) is 7.38. The van der Waals surface area contributed by atoms with E-state index in [2.05, 4.69) is 10.3 Å². The summed E-state index contributed by atoms with van der Waals surface area (Å²) in [6.45, 7) is 2.58. The normalized spacial score (nSPS) is 10.8. The maximum absolute atomic E-state index is 12.3. The molecule has 0 spiro atoms. The molecule has 0 saturated heterocycles. The van der Waals surface area contributed by atoms with Crippen molar-refractivity contribution in [3.05, 3.63) is 34.6 Å². The molecule has 7 nitrogen and oxygen atoms in total. The summed E-state index contributed by atoms with van der Waals surface area (Å²) in [5.41, 5.74) is 0.174. The van der Waals surface area contributed by atoms with Gasteiger partial charge in [0.2, 0.25) is 5.91 Å². The van der Waals surface area contributed by atoms with Crippen molar-refractivity contribution >= 4 is 16.8 Å². The Balaban J connectivity index is 2.20. The van der Waals surface area contributed by atoms with Crippen LogP contribution < -0.4 is 5.56 Å². The first-order valence-corrected chi connectivity index (χ1v) is 7.38. The van der Waals surface area contributed by atoms with Crippen LogP contribution in [0.1, 0.15) is 19.8 Å². The third kappa shape index (κ3) is 3.67. The van der Waals surface area contributed by atoms with Crippen LogP contribution in [0.15, 0.2) is 29.1 Å². The van der Waals surface area contributed by atoms with E-state index in [1.165, 1.54) is 0 Å². The Morgan fingerprint density at radius 3 is 2.82 bits per heavy atom. The first-order chi connectivity index (χ1) is 10.7. The summed E-state index contributed by atoms with van der Waals surface area (Å²) in [4.78, 5) is 26.1. The highest BCUT2D eigenvalue weighted by Gasteiger charge is 2.15. The topological polar surface area (TPSA) is 88.3 Å². The highest BCUT2D eigenvalue weighted by molar-refractivity contribution is 5.78. The second-order valence-corrected chi connectivity index (χ2v) is 5.03. The molecule has 1 aromatic carbocycles. The number of aliphatic hydroxyl groups is 1. The minimum atomic E-state index is -0.335. The largest absolute Gasteiger partial charge is 0.395 e. The summed E-state index contributed by atoms with van der Waals surface area (Å²) in [5.74, 6) is -0.241. The van der Waals surface area contributed by atoms with Gasteiger partial charge in [-0.3, -0.25) is 9.59 Å². The van der Waals surface area contributed by atoms with Crippen LogP contribution in [0.2, 0.25) is 0 Å². The van der Waals surface area contributed by atoms with Gasteiger partial charge in [0, 0.05) is 13.1 Å². The zero-order valence-electron chi connectivity index (χ0n) is 12.6. The van der Waals surface area contributed by atoms with Gasteiger partial charge in [0.15, 0.2) is 0 Å². The van der Waals surface area contributed by atoms with Crippen molar-refractivity contribution in [3.63, 3.8) is 0 Å².